The topological polar surface area (TPSA) is 80.0 Å². The summed E-state index contributed by atoms with van der Waals surface area (Å²) >= 11 is 3.37. The van der Waals surface area contributed by atoms with E-state index in [0.717, 1.165) is 10.0 Å². The lowest BCUT2D eigenvalue weighted by Gasteiger charge is -2.09. The molecule has 0 spiro atoms. The van der Waals surface area contributed by atoms with Crippen molar-refractivity contribution in [1.29, 1.82) is 0 Å². The van der Waals surface area contributed by atoms with E-state index in [1.54, 1.807) is 6.92 Å². The van der Waals surface area contributed by atoms with Gasteiger partial charge in [0.2, 0.25) is 11.7 Å². The highest BCUT2D eigenvalue weighted by molar-refractivity contribution is 9.10. The fraction of sp³-hybridized carbons (Fsp3) is 0.308. The first kappa shape index (κ1) is 14.5. The highest BCUT2D eigenvalue weighted by atomic mass is 79.9. The van der Waals surface area contributed by atoms with Crippen molar-refractivity contribution in [2.45, 2.75) is 19.9 Å². The molecule has 0 bridgehead atoms. The summed E-state index contributed by atoms with van der Waals surface area (Å²) in [5.41, 5.74) is 0.855. The smallest absolute Gasteiger partial charge is 0.315 e. The van der Waals surface area contributed by atoms with Crippen LogP contribution in [0, 0.1) is 0 Å². The molecule has 2 N–H and O–H groups in total. The summed E-state index contributed by atoms with van der Waals surface area (Å²) in [7, 11) is 0. The number of hydrogen-bond donors (Lipinski definition) is 2. The Balaban J connectivity index is 2.08. The zero-order valence-electron chi connectivity index (χ0n) is 11.2. The van der Waals surface area contributed by atoms with Crippen molar-refractivity contribution in [1.82, 2.24) is 20.8 Å². The van der Waals surface area contributed by atoms with Gasteiger partial charge in [0.05, 0.1) is 0 Å². The molecule has 1 heterocycles. The van der Waals surface area contributed by atoms with Crippen molar-refractivity contribution in [2.24, 2.45) is 0 Å². The SMILES string of the molecule is CCNC(=O)NC(C)c1nc(-c2ccc(Br)cc2)no1. The van der Waals surface area contributed by atoms with Gasteiger partial charge in [-0.15, -0.1) is 0 Å². The first-order valence-electron chi connectivity index (χ1n) is 6.24. The normalized spacial score (nSPS) is 11.9. The summed E-state index contributed by atoms with van der Waals surface area (Å²) in [6, 6.07) is 6.98. The molecule has 0 saturated heterocycles. The number of aromatic nitrogens is 2. The Labute approximate surface area is 125 Å². The van der Waals surface area contributed by atoms with Crippen LogP contribution in [0.3, 0.4) is 0 Å². The van der Waals surface area contributed by atoms with Gasteiger partial charge in [-0.1, -0.05) is 21.1 Å². The second kappa shape index (κ2) is 6.51. The Hall–Kier alpha value is -1.89. The van der Waals surface area contributed by atoms with Crippen LogP contribution in [0.5, 0.6) is 0 Å². The van der Waals surface area contributed by atoms with Crippen LogP contribution >= 0.6 is 15.9 Å². The molecule has 6 nitrogen and oxygen atoms in total. The van der Waals surface area contributed by atoms with Crippen molar-refractivity contribution in [3.8, 4) is 11.4 Å². The van der Waals surface area contributed by atoms with Gasteiger partial charge in [-0.2, -0.15) is 4.98 Å². The molecule has 0 saturated carbocycles. The number of carbonyl (C=O) groups is 1. The van der Waals surface area contributed by atoms with E-state index in [2.05, 4.69) is 36.7 Å². The van der Waals surface area contributed by atoms with E-state index in [4.69, 9.17) is 4.52 Å². The molecule has 1 atom stereocenters. The number of hydrogen-bond acceptors (Lipinski definition) is 4. The van der Waals surface area contributed by atoms with Gasteiger partial charge in [-0.3, -0.25) is 0 Å². The Bertz CT molecular complexity index is 582. The van der Waals surface area contributed by atoms with Crippen molar-refractivity contribution < 1.29 is 9.32 Å². The molecular formula is C13H15BrN4O2. The van der Waals surface area contributed by atoms with Gasteiger partial charge in [0, 0.05) is 16.6 Å². The molecule has 0 radical (unpaired) electrons. The quantitative estimate of drug-likeness (QED) is 0.898. The summed E-state index contributed by atoms with van der Waals surface area (Å²) in [6.45, 7) is 4.20. The summed E-state index contributed by atoms with van der Waals surface area (Å²) in [5, 5.41) is 9.28. The van der Waals surface area contributed by atoms with Crippen LogP contribution in [-0.2, 0) is 0 Å². The molecule has 1 aromatic heterocycles. The average molecular weight is 339 g/mol. The fourth-order valence-electron chi connectivity index (χ4n) is 1.60. The largest absolute Gasteiger partial charge is 0.338 e. The van der Waals surface area contributed by atoms with Crippen LogP contribution < -0.4 is 10.6 Å². The van der Waals surface area contributed by atoms with Crippen LogP contribution in [0.2, 0.25) is 0 Å². The second-order valence-electron chi connectivity index (χ2n) is 4.19. The molecule has 7 heteroatoms. The molecule has 2 amide bonds. The number of urea groups is 1. The Morgan fingerprint density at radius 1 is 1.40 bits per heavy atom. The van der Waals surface area contributed by atoms with E-state index >= 15 is 0 Å². The maximum Gasteiger partial charge on any atom is 0.315 e. The van der Waals surface area contributed by atoms with Crippen LogP contribution in [0.25, 0.3) is 11.4 Å². The number of amides is 2. The van der Waals surface area contributed by atoms with E-state index in [-0.39, 0.29) is 12.1 Å². The Kier molecular flexibility index (Phi) is 4.73. The maximum absolute atomic E-state index is 11.4. The monoisotopic (exact) mass is 338 g/mol. The van der Waals surface area contributed by atoms with Crippen LogP contribution in [0.4, 0.5) is 4.79 Å². The summed E-state index contributed by atoms with van der Waals surface area (Å²) in [6.07, 6.45) is 0. The zero-order valence-corrected chi connectivity index (χ0v) is 12.8. The van der Waals surface area contributed by atoms with Gasteiger partial charge >= 0.3 is 6.03 Å². The molecule has 0 aliphatic heterocycles. The zero-order chi connectivity index (χ0) is 14.5. The second-order valence-corrected chi connectivity index (χ2v) is 5.10. The average Bonchev–Trinajstić information content (AvgIpc) is 2.89. The van der Waals surface area contributed by atoms with Gasteiger partial charge in [0.15, 0.2) is 0 Å². The van der Waals surface area contributed by atoms with Crippen LogP contribution in [-0.4, -0.2) is 22.7 Å². The minimum atomic E-state index is -0.349. The summed E-state index contributed by atoms with van der Waals surface area (Å²) in [5.74, 6) is 0.867. The summed E-state index contributed by atoms with van der Waals surface area (Å²) < 4.78 is 6.16. The van der Waals surface area contributed by atoms with Crippen LogP contribution in [0.15, 0.2) is 33.3 Å². The van der Waals surface area contributed by atoms with E-state index in [9.17, 15) is 4.79 Å². The molecular weight excluding hydrogens is 324 g/mol. The number of nitrogens with one attached hydrogen (secondary N) is 2. The molecule has 106 valence electrons. The lowest BCUT2D eigenvalue weighted by Crippen LogP contribution is -2.36. The third-order valence-corrected chi connectivity index (χ3v) is 3.13. The molecule has 0 aliphatic carbocycles. The third kappa shape index (κ3) is 3.57. The minimum absolute atomic E-state index is 0.261. The lowest BCUT2D eigenvalue weighted by molar-refractivity contribution is 0.234. The fourth-order valence-corrected chi connectivity index (χ4v) is 1.86. The molecule has 2 aromatic rings. The number of nitrogens with zero attached hydrogens (tertiary/aromatic N) is 2. The van der Waals surface area contributed by atoms with E-state index in [1.165, 1.54) is 0 Å². The predicted octanol–water partition coefficient (Wildman–Crippen LogP) is 2.88. The van der Waals surface area contributed by atoms with Gasteiger partial charge in [0.1, 0.15) is 6.04 Å². The lowest BCUT2D eigenvalue weighted by atomic mass is 10.2. The van der Waals surface area contributed by atoms with Gasteiger partial charge in [0.25, 0.3) is 0 Å². The number of carbonyl (C=O) groups excluding carboxylic acids is 1. The number of benzene rings is 1. The third-order valence-electron chi connectivity index (χ3n) is 2.60. The molecule has 1 aromatic carbocycles. The van der Waals surface area contributed by atoms with E-state index in [0.29, 0.717) is 18.3 Å². The van der Waals surface area contributed by atoms with Crippen LogP contribution in [0.1, 0.15) is 25.8 Å². The molecule has 2 rings (SSSR count). The van der Waals surface area contributed by atoms with Gasteiger partial charge < -0.3 is 15.2 Å². The Morgan fingerprint density at radius 2 is 2.10 bits per heavy atom. The first-order valence-corrected chi connectivity index (χ1v) is 7.03. The van der Waals surface area contributed by atoms with E-state index in [1.807, 2.05) is 31.2 Å². The number of halogens is 1. The van der Waals surface area contributed by atoms with Crippen molar-refractivity contribution >= 4 is 22.0 Å². The van der Waals surface area contributed by atoms with Crippen molar-refractivity contribution in [3.63, 3.8) is 0 Å². The standard InChI is InChI=1S/C13H15BrN4O2/c1-3-15-13(19)16-8(2)12-17-11(18-20-12)9-4-6-10(14)7-5-9/h4-8H,3H2,1-2H3,(H2,15,16,19). The molecule has 1 unspecified atom stereocenters. The van der Waals surface area contributed by atoms with Crippen molar-refractivity contribution in [2.75, 3.05) is 6.54 Å². The summed E-state index contributed by atoms with van der Waals surface area (Å²) in [4.78, 5) is 15.7. The van der Waals surface area contributed by atoms with Gasteiger partial charge in [-0.25, -0.2) is 4.79 Å². The van der Waals surface area contributed by atoms with Crippen molar-refractivity contribution in [3.05, 3.63) is 34.6 Å². The highest BCUT2D eigenvalue weighted by Crippen LogP contribution is 2.20. The highest BCUT2D eigenvalue weighted by Gasteiger charge is 2.16. The molecule has 0 aliphatic rings. The maximum atomic E-state index is 11.4. The minimum Gasteiger partial charge on any atom is -0.338 e. The van der Waals surface area contributed by atoms with E-state index < -0.39 is 0 Å². The van der Waals surface area contributed by atoms with Gasteiger partial charge in [-0.05, 0) is 38.1 Å². The number of rotatable bonds is 4. The molecule has 0 fully saturated rings. The molecule has 20 heavy (non-hydrogen) atoms. The Morgan fingerprint density at radius 3 is 2.75 bits per heavy atom. The predicted molar refractivity (Wildman–Crippen MR) is 78.1 cm³/mol. The first-order chi connectivity index (χ1) is 9.60.